The van der Waals surface area contributed by atoms with Crippen LogP contribution < -0.4 is 10.6 Å². The van der Waals surface area contributed by atoms with E-state index in [1.807, 2.05) is 54.6 Å². The van der Waals surface area contributed by atoms with Crippen molar-refractivity contribution in [1.82, 2.24) is 10.5 Å². The summed E-state index contributed by atoms with van der Waals surface area (Å²) in [4.78, 5) is 23.9. The molecule has 0 atom stereocenters. The van der Waals surface area contributed by atoms with Crippen molar-refractivity contribution in [3.63, 3.8) is 0 Å². The van der Waals surface area contributed by atoms with Crippen LogP contribution in [0.15, 0.2) is 65.2 Å². The number of aryl methyl sites for hydroxylation is 1. The van der Waals surface area contributed by atoms with Crippen LogP contribution in [0.4, 0.5) is 5.88 Å². The number of rotatable bonds is 8. The van der Waals surface area contributed by atoms with Crippen LogP contribution in [0.5, 0.6) is 0 Å². The van der Waals surface area contributed by atoms with Crippen molar-refractivity contribution in [2.75, 3.05) is 11.9 Å². The molecular formula is C22H23N3O3. The van der Waals surface area contributed by atoms with Crippen LogP contribution in [0.25, 0.3) is 11.3 Å². The molecule has 0 unspecified atom stereocenters. The van der Waals surface area contributed by atoms with Gasteiger partial charge in [0.2, 0.25) is 17.7 Å². The molecule has 2 aromatic carbocycles. The van der Waals surface area contributed by atoms with Gasteiger partial charge in [0.1, 0.15) is 5.69 Å². The molecule has 6 nitrogen and oxygen atoms in total. The Hall–Kier alpha value is -3.41. The standard InChI is InChI=1S/C22H23N3O3/c1-2-16-8-10-18(11-9-16)19-15-22(28-25-19)24-20(26)12-13-23-21(27)14-17-6-4-3-5-7-17/h3-11,15H,2,12-14H2,1H3,(H,23,27)(H,24,26). The molecule has 144 valence electrons. The molecule has 0 saturated heterocycles. The quantitative estimate of drug-likeness (QED) is 0.628. The van der Waals surface area contributed by atoms with Crippen LogP contribution in [0, 0.1) is 0 Å². The number of anilines is 1. The van der Waals surface area contributed by atoms with Crippen LogP contribution in [-0.4, -0.2) is 23.5 Å². The van der Waals surface area contributed by atoms with Gasteiger partial charge >= 0.3 is 0 Å². The zero-order chi connectivity index (χ0) is 19.8. The second-order valence-corrected chi connectivity index (χ2v) is 6.44. The van der Waals surface area contributed by atoms with Crippen molar-refractivity contribution >= 4 is 17.7 Å². The Morgan fingerprint density at radius 2 is 1.71 bits per heavy atom. The number of benzene rings is 2. The molecule has 0 aliphatic carbocycles. The molecule has 1 heterocycles. The smallest absolute Gasteiger partial charge is 0.231 e. The molecule has 0 fully saturated rings. The summed E-state index contributed by atoms with van der Waals surface area (Å²) < 4.78 is 5.18. The number of hydrogen-bond acceptors (Lipinski definition) is 4. The van der Waals surface area contributed by atoms with Gasteiger partial charge < -0.3 is 9.84 Å². The maximum atomic E-state index is 12.0. The highest BCUT2D eigenvalue weighted by molar-refractivity contribution is 5.90. The predicted molar refractivity (Wildman–Crippen MR) is 108 cm³/mol. The lowest BCUT2D eigenvalue weighted by atomic mass is 10.1. The first-order chi connectivity index (χ1) is 13.6. The predicted octanol–water partition coefficient (Wildman–Crippen LogP) is 3.59. The molecule has 0 spiro atoms. The second kappa shape index (κ2) is 9.50. The fraction of sp³-hybridized carbons (Fsp3) is 0.227. The molecule has 0 saturated carbocycles. The molecular weight excluding hydrogens is 354 g/mol. The fourth-order valence-corrected chi connectivity index (χ4v) is 2.74. The third-order valence-electron chi connectivity index (χ3n) is 4.31. The van der Waals surface area contributed by atoms with E-state index in [1.54, 1.807) is 6.07 Å². The summed E-state index contributed by atoms with van der Waals surface area (Å²) in [5.41, 5.74) is 3.77. The van der Waals surface area contributed by atoms with E-state index in [0.717, 1.165) is 17.5 Å². The Kier molecular flexibility index (Phi) is 6.57. The van der Waals surface area contributed by atoms with Gasteiger partial charge in [0, 0.05) is 24.6 Å². The van der Waals surface area contributed by atoms with Crippen molar-refractivity contribution in [2.24, 2.45) is 0 Å². The Bertz CT molecular complexity index is 918. The van der Waals surface area contributed by atoms with Gasteiger partial charge in [-0.2, -0.15) is 0 Å². The largest absolute Gasteiger partial charge is 0.355 e. The summed E-state index contributed by atoms with van der Waals surface area (Å²) in [5.74, 6) is -0.0734. The van der Waals surface area contributed by atoms with Gasteiger partial charge in [-0.05, 0) is 17.5 Å². The van der Waals surface area contributed by atoms with Crippen molar-refractivity contribution in [1.29, 1.82) is 0 Å². The van der Waals surface area contributed by atoms with Gasteiger partial charge in [0.05, 0.1) is 6.42 Å². The lowest BCUT2D eigenvalue weighted by molar-refractivity contribution is -0.120. The summed E-state index contributed by atoms with van der Waals surface area (Å²) in [6, 6.07) is 19.2. The minimum atomic E-state index is -0.246. The molecule has 6 heteroatoms. The van der Waals surface area contributed by atoms with Gasteiger partial charge in [-0.15, -0.1) is 0 Å². The minimum Gasteiger partial charge on any atom is -0.355 e. The van der Waals surface area contributed by atoms with E-state index < -0.39 is 0 Å². The lowest BCUT2D eigenvalue weighted by Gasteiger charge is -2.05. The van der Waals surface area contributed by atoms with Crippen LogP contribution in [0.1, 0.15) is 24.5 Å². The summed E-state index contributed by atoms with van der Waals surface area (Å²) in [5, 5.41) is 9.39. The van der Waals surface area contributed by atoms with Crippen LogP contribution in [0.2, 0.25) is 0 Å². The fourth-order valence-electron chi connectivity index (χ4n) is 2.74. The van der Waals surface area contributed by atoms with Gasteiger partial charge in [0.15, 0.2) is 0 Å². The van der Waals surface area contributed by atoms with Gasteiger partial charge in [0.25, 0.3) is 0 Å². The SMILES string of the molecule is CCc1ccc(-c2cc(NC(=O)CCNC(=O)Cc3ccccc3)on2)cc1. The second-order valence-electron chi connectivity index (χ2n) is 6.44. The van der Waals surface area contributed by atoms with E-state index in [9.17, 15) is 9.59 Å². The zero-order valence-corrected chi connectivity index (χ0v) is 15.8. The zero-order valence-electron chi connectivity index (χ0n) is 15.8. The average molecular weight is 377 g/mol. The van der Waals surface area contributed by atoms with Crippen LogP contribution in [0.3, 0.4) is 0 Å². The minimum absolute atomic E-state index is 0.114. The van der Waals surface area contributed by atoms with E-state index >= 15 is 0 Å². The number of amides is 2. The van der Waals surface area contributed by atoms with Crippen molar-refractivity contribution < 1.29 is 14.1 Å². The summed E-state index contributed by atoms with van der Waals surface area (Å²) in [7, 11) is 0. The van der Waals surface area contributed by atoms with Gasteiger partial charge in [-0.3, -0.25) is 14.9 Å². The van der Waals surface area contributed by atoms with E-state index in [1.165, 1.54) is 5.56 Å². The third-order valence-corrected chi connectivity index (χ3v) is 4.31. The average Bonchev–Trinajstić information content (AvgIpc) is 3.17. The third kappa shape index (κ3) is 5.54. The van der Waals surface area contributed by atoms with Gasteiger partial charge in [-0.25, -0.2) is 0 Å². The van der Waals surface area contributed by atoms with Crippen LogP contribution >= 0.6 is 0 Å². The summed E-state index contributed by atoms with van der Waals surface area (Å²) in [6.07, 6.45) is 1.43. The molecule has 0 aliphatic heterocycles. The first kappa shape index (κ1) is 19.4. The Morgan fingerprint density at radius 3 is 2.43 bits per heavy atom. The molecule has 2 N–H and O–H groups in total. The number of carbonyl (C=O) groups excluding carboxylic acids is 2. The van der Waals surface area contributed by atoms with E-state index in [4.69, 9.17) is 4.52 Å². The number of aromatic nitrogens is 1. The van der Waals surface area contributed by atoms with Crippen molar-refractivity contribution in [3.05, 3.63) is 71.8 Å². The van der Waals surface area contributed by atoms with E-state index in [-0.39, 0.29) is 30.7 Å². The Balaban J connectivity index is 1.43. The van der Waals surface area contributed by atoms with Crippen LogP contribution in [-0.2, 0) is 22.4 Å². The maximum Gasteiger partial charge on any atom is 0.231 e. The molecule has 0 aliphatic rings. The Labute approximate surface area is 163 Å². The monoisotopic (exact) mass is 377 g/mol. The maximum absolute atomic E-state index is 12.0. The number of nitrogens with one attached hydrogen (secondary N) is 2. The van der Waals surface area contributed by atoms with Gasteiger partial charge in [-0.1, -0.05) is 66.7 Å². The normalized spacial score (nSPS) is 10.5. The number of hydrogen-bond donors (Lipinski definition) is 2. The van der Waals surface area contributed by atoms with E-state index in [2.05, 4.69) is 22.7 Å². The topological polar surface area (TPSA) is 84.2 Å². The molecule has 0 bridgehead atoms. The highest BCUT2D eigenvalue weighted by Gasteiger charge is 2.10. The lowest BCUT2D eigenvalue weighted by Crippen LogP contribution is -2.28. The first-order valence-corrected chi connectivity index (χ1v) is 9.30. The number of carbonyl (C=O) groups is 2. The molecule has 2 amide bonds. The molecule has 3 rings (SSSR count). The molecule has 3 aromatic rings. The Morgan fingerprint density at radius 1 is 0.964 bits per heavy atom. The van der Waals surface area contributed by atoms with E-state index in [0.29, 0.717) is 12.1 Å². The first-order valence-electron chi connectivity index (χ1n) is 9.30. The highest BCUT2D eigenvalue weighted by Crippen LogP contribution is 2.22. The summed E-state index contributed by atoms with van der Waals surface area (Å²) >= 11 is 0. The molecule has 1 aromatic heterocycles. The molecule has 0 radical (unpaired) electrons. The number of nitrogens with zero attached hydrogens (tertiary/aromatic N) is 1. The molecule has 28 heavy (non-hydrogen) atoms. The van der Waals surface area contributed by atoms with Crippen molar-refractivity contribution in [3.8, 4) is 11.3 Å². The highest BCUT2D eigenvalue weighted by atomic mass is 16.5. The van der Waals surface area contributed by atoms with Crippen molar-refractivity contribution in [2.45, 2.75) is 26.2 Å². The summed E-state index contributed by atoms with van der Waals surface area (Å²) in [6.45, 7) is 2.36.